The molecule has 1 N–H and O–H groups in total. The Morgan fingerprint density at radius 2 is 2.00 bits per heavy atom. The van der Waals surface area contributed by atoms with Gasteiger partial charge in [0.05, 0.1) is 6.61 Å². The van der Waals surface area contributed by atoms with Crippen molar-refractivity contribution in [3.63, 3.8) is 0 Å². The van der Waals surface area contributed by atoms with E-state index < -0.39 is 0 Å². The predicted molar refractivity (Wildman–Crippen MR) is 113 cm³/mol. The fourth-order valence-electron chi connectivity index (χ4n) is 3.80. The van der Waals surface area contributed by atoms with Gasteiger partial charge >= 0.3 is 0 Å². The van der Waals surface area contributed by atoms with E-state index in [0.717, 1.165) is 25.1 Å². The molecule has 3 aromatic rings. The number of carbonyl (C=O) groups excluding carboxylic acids is 1. The van der Waals surface area contributed by atoms with Gasteiger partial charge in [0.1, 0.15) is 5.75 Å². The largest absolute Gasteiger partial charge is 0.494 e. The number of amides is 1. The quantitative estimate of drug-likeness (QED) is 0.621. The zero-order valence-corrected chi connectivity index (χ0v) is 16.3. The molecule has 144 valence electrons. The van der Waals surface area contributed by atoms with Crippen molar-refractivity contribution in [3.05, 3.63) is 71.9 Å². The lowest BCUT2D eigenvalue weighted by atomic mass is 9.98. The van der Waals surface area contributed by atoms with Gasteiger partial charge in [-0.2, -0.15) is 0 Å². The minimum atomic E-state index is 0.210. The first-order valence-electron chi connectivity index (χ1n) is 9.94. The molecule has 0 fully saturated rings. The summed E-state index contributed by atoms with van der Waals surface area (Å²) in [6.07, 6.45) is 6.46. The van der Waals surface area contributed by atoms with Gasteiger partial charge < -0.3 is 14.6 Å². The number of fused-ring (bicyclic) bond motifs is 1. The molecule has 0 spiro atoms. The lowest BCUT2D eigenvalue weighted by Crippen LogP contribution is -2.34. The molecule has 1 amide bonds. The molecule has 0 saturated carbocycles. The summed E-state index contributed by atoms with van der Waals surface area (Å²) in [4.78, 5) is 17.8. The maximum Gasteiger partial charge on any atom is 0.222 e. The van der Waals surface area contributed by atoms with Gasteiger partial charge in [0.15, 0.2) is 0 Å². The summed E-state index contributed by atoms with van der Waals surface area (Å²) >= 11 is 0. The van der Waals surface area contributed by atoms with E-state index in [2.05, 4.69) is 42.4 Å². The van der Waals surface area contributed by atoms with Gasteiger partial charge in [-0.05, 0) is 43.0 Å². The van der Waals surface area contributed by atoms with Crippen LogP contribution in [0.2, 0.25) is 0 Å². The van der Waals surface area contributed by atoms with Crippen LogP contribution in [-0.2, 0) is 4.79 Å². The number of nitrogens with zero attached hydrogens (tertiary/aromatic N) is 1. The Balaban J connectivity index is 1.30. The number of rotatable bonds is 6. The van der Waals surface area contributed by atoms with Gasteiger partial charge in [-0.3, -0.25) is 4.79 Å². The minimum Gasteiger partial charge on any atom is -0.494 e. The van der Waals surface area contributed by atoms with Crippen LogP contribution in [0, 0.1) is 6.92 Å². The molecule has 0 bridgehead atoms. The van der Waals surface area contributed by atoms with E-state index in [-0.39, 0.29) is 5.91 Å². The van der Waals surface area contributed by atoms with Crippen molar-refractivity contribution in [3.8, 4) is 5.75 Å². The molecule has 28 heavy (non-hydrogen) atoms. The number of ether oxygens (including phenoxy) is 1. The maximum absolute atomic E-state index is 12.5. The molecule has 4 nitrogen and oxygen atoms in total. The van der Waals surface area contributed by atoms with Gasteiger partial charge in [-0.25, -0.2) is 0 Å². The highest BCUT2D eigenvalue weighted by atomic mass is 16.5. The van der Waals surface area contributed by atoms with Crippen molar-refractivity contribution >= 4 is 22.4 Å². The van der Waals surface area contributed by atoms with E-state index in [1.54, 1.807) is 0 Å². The third kappa shape index (κ3) is 3.96. The fraction of sp³-hybridized carbons (Fsp3) is 0.292. The van der Waals surface area contributed by atoms with Crippen LogP contribution < -0.4 is 4.74 Å². The second-order valence-electron chi connectivity index (χ2n) is 7.28. The highest BCUT2D eigenvalue weighted by Crippen LogP contribution is 2.30. The molecule has 0 unspecified atom stereocenters. The zero-order chi connectivity index (χ0) is 19.3. The molecule has 2 aromatic carbocycles. The lowest BCUT2D eigenvalue weighted by Gasteiger charge is -2.26. The third-order valence-corrected chi connectivity index (χ3v) is 5.38. The molecular weight excluding hydrogens is 348 g/mol. The van der Waals surface area contributed by atoms with Gasteiger partial charge in [0.2, 0.25) is 5.91 Å². The van der Waals surface area contributed by atoms with Crippen LogP contribution in [-0.4, -0.2) is 35.5 Å². The minimum absolute atomic E-state index is 0.210. The summed E-state index contributed by atoms with van der Waals surface area (Å²) < 4.78 is 5.67. The predicted octanol–water partition coefficient (Wildman–Crippen LogP) is 4.95. The second kappa shape index (κ2) is 8.34. The van der Waals surface area contributed by atoms with E-state index in [9.17, 15) is 4.79 Å². The van der Waals surface area contributed by atoms with Crippen LogP contribution in [0.15, 0.2) is 60.8 Å². The highest BCUT2D eigenvalue weighted by molar-refractivity contribution is 5.94. The van der Waals surface area contributed by atoms with Gasteiger partial charge in [-0.1, -0.05) is 42.5 Å². The molecule has 1 aromatic heterocycles. The standard InChI is InChI=1S/C24H26N2O2/c1-18-7-5-10-21-22(17-25-24(18)21)19-12-14-26(15-13-19)23(27)11-6-16-28-20-8-3-2-4-9-20/h2-5,7-10,12,17,25H,6,11,13-16H2,1H3. The highest BCUT2D eigenvalue weighted by Gasteiger charge is 2.19. The smallest absolute Gasteiger partial charge is 0.222 e. The average Bonchev–Trinajstić information content (AvgIpc) is 3.17. The van der Waals surface area contributed by atoms with Crippen molar-refractivity contribution in [1.29, 1.82) is 0 Å². The molecule has 2 heterocycles. The Morgan fingerprint density at radius 1 is 1.14 bits per heavy atom. The first-order valence-corrected chi connectivity index (χ1v) is 9.94. The molecule has 0 atom stereocenters. The number of benzene rings is 2. The van der Waals surface area contributed by atoms with Gasteiger partial charge in [-0.15, -0.1) is 0 Å². The maximum atomic E-state index is 12.5. The monoisotopic (exact) mass is 374 g/mol. The number of carbonyl (C=O) groups is 1. The zero-order valence-electron chi connectivity index (χ0n) is 16.3. The first-order chi connectivity index (χ1) is 13.7. The van der Waals surface area contributed by atoms with E-state index in [1.165, 1.54) is 27.6 Å². The van der Waals surface area contributed by atoms with E-state index in [1.807, 2.05) is 35.2 Å². The van der Waals surface area contributed by atoms with E-state index in [4.69, 9.17) is 4.74 Å². The van der Waals surface area contributed by atoms with Crippen LogP contribution in [0.3, 0.4) is 0 Å². The Morgan fingerprint density at radius 3 is 2.79 bits per heavy atom. The van der Waals surface area contributed by atoms with Gasteiger partial charge in [0, 0.05) is 42.2 Å². The first kappa shape index (κ1) is 18.4. The molecule has 0 radical (unpaired) electrons. The summed E-state index contributed by atoms with van der Waals surface area (Å²) in [5.74, 6) is 1.07. The van der Waals surface area contributed by atoms with Crippen LogP contribution in [0.1, 0.15) is 30.4 Å². The fourth-order valence-corrected chi connectivity index (χ4v) is 3.80. The Hall–Kier alpha value is -3.01. The molecule has 1 aliphatic rings. The molecule has 0 saturated heterocycles. The number of para-hydroxylation sites is 2. The molecule has 0 aliphatic carbocycles. The molecule has 1 aliphatic heterocycles. The van der Waals surface area contributed by atoms with Crippen LogP contribution in [0.4, 0.5) is 0 Å². The summed E-state index contributed by atoms with van der Waals surface area (Å²) in [5.41, 5.74) is 5.06. The Labute approximate surface area is 165 Å². The second-order valence-corrected chi connectivity index (χ2v) is 7.28. The van der Waals surface area contributed by atoms with Gasteiger partial charge in [0.25, 0.3) is 0 Å². The summed E-state index contributed by atoms with van der Waals surface area (Å²) in [6, 6.07) is 16.1. The molecule has 4 rings (SSSR count). The van der Waals surface area contributed by atoms with Crippen LogP contribution in [0.5, 0.6) is 5.75 Å². The number of aryl methyl sites for hydroxylation is 1. The Bertz CT molecular complexity index is 988. The summed E-state index contributed by atoms with van der Waals surface area (Å²) in [6.45, 7) is 4.16. The van der Waals surface area contributed by atoms with E-state index >= 15 is 0 Å². The number of hydrogen-bond acceptors (Lipinski definition) is 2. The molecular formula is C24H26N2O2. The van der Waals surface area contributed by atoms with Crippen molar-refractivity contribution in [1.82, 2.24) is 9.88 Å². The number of H-pyrrole nitrogens is 1. The number of hydrogen-bond donors (Lipinski definition) is 1. The lowest BCUT2D eigenvalue weighted by molar-refractivity contribution is -0.131. The van der Waals surface area contributed by atoms with Crippen LogP contribution in [0.25, 0.3) is 16.5 Å². The number of aromatic nitrogens is 1. The topological polar surface area (TPSA) is 45.3 Å². The van der Waals surface area contributed by atoms with Crippen molar-refractivity contribution < 1.29 is 9.53 Å². The normalized spacial score (nSPS) is 14.2. The SMILES string of the molecule is Cc1cccc2c(C3=CCN(C(=O)CCCOc4ccccc4)CC3)c[nH]c12. The van der Waals surface area contributed by atoms with Crippen molar-refractivity contribution in [2.45, 2.75) is 26.2 Å². The Kier molecular flexibility index (Phi) is 5.47. The van der Waals surface area contributed by atoms with Crippen molar-refractivity contribution in [2.24, 2.45) is 0 Å². The van der Waals surface area contributed by atoms with Crippen molar-refractivity contribution in [2.75, 3.05) is 19.7 Å². The molecule has 4 heteroatoms. The third-order valence-electron chi connectivity index (χ3n) is 5.38. The van der Waals surface area contributed by atoms with E-state index in [0.29, 0.717) is 19.6 Å². The number of nitrogens with one attached hydrogen (secondary N) is 1. The average molecular weight is 374 g/mol. The van der Waals surface area contributed by atoms with Crippen LogP contribution >= 0.6 is 0 Å². The summed E-state index contributed by atoms with van der Waals surface area (Å²) in [7, 11) is 0. The number of aromatic amines is 1. The summed E-state index contributed by atoms with van der Waals surface area (Å²) in [5, 5.41) is 1.27.